The van der Waals surface area contributed by atoms with Crippen molar-refractivity contribution < 1.29 is 14.0 Å². The standard InChI is InChI=1S/C14H12N2O3/c1-2-13(17)15-10-5-7-11(8-6-10)16-14(18)12-4-3-9-19-12/h2-9H,1H2,(H,15,17)(H,16,18). The first-order valence-electron chi connectivity index (χ1n) is 5.57. The molecule has 0 unspecified atom stereocenters. The van der Waals surface area contributed by atoms with Gasteiger partial charge in [0.2, 0.25) is 5.91 Å². The molecular weight excluding hydrogens is 244 g/mol. The van der Waals surface area contributed by atoms with Gasteiger partial charge in [0.1, 0.15) is 0 Å². The van der Waals surface area contributed by atoms with Gasteiger partial charge in [-0.15, -0.1) is 0 Å². The number of anilines is 2. The van der Waals surface area contributed by atoms with Crippen LogP contribution in [0.15, 0.2) is 59.7 Å². The normalized spacial score (nSPS) is 9.68. The van der Waals surface area contributed by atoms with E-state index in [9.17, 15) is 9.59 Å². The van der Waals surface area contributed by atoms with Crippen molar-refractivity contribution in [2.75, 3.05) is 10.6 Å². The third kappa shape index (κ3) is 3.32. The van der Waals surface area contributed by atoms with Crippen LogP contribution in [0.3, 0.4) is 0 Å². The summed E-state index contributed by atoms with van der Waals surface area (Å²) in [5.41, 5.74) is 1.24. The lowest BCUT2D eigenvalue weighted by atomic mass is 10.2. The van der Waals surface area contributed by atoms with Crippen LogP contribution in [0.25, 0.3) is 0 Å². The van der Waals surface area contributed by atoms with Crippen LogP contribution in [0.5, 0.6) is 0 Å². The zero-order chi connectivity index (χ0) is 13.7. The fourth-order valence-corrected chi connectivity index (χ4v) is 1.43. The van der Waals surface area contributed by atoms with Gasteiger partial charge in [-0.2, -0.15) is 0 Å². The number of hydrogen-bond acceptors (Lipinski definition) is 3. The first kappa shape index (κ1) is 12.6. The van der Waals surface area contributed by atoms with E-state index >= 15 is 0 Å². The topological polar surface area (TPSA) is 71.3 Å². The molecule has 1 heterocycles. The molecule has 0 saturated carbocycles. The van der Waals surface area contributed by atoms with Gasteiger partial charge in [0.15, 0.2) is 5.76 Å². The van der Waals surface area contributed by atoms with E-state index in [4.69, 9.17) is 4.42 Å². The molecule has 0 atom stereocenters. The Bertz CT molecular complexity index is 586. The third-order valence-corrected chi connectivity index (χ3v) is 2.34. The molecule has 1 aromatic carbocycles. The smallest absolute Gasteiger partial charge is 0.291 e. The third-order valence-electron chi connectivity index (χ3n) is 2.34. The lowest BCUT2D eigenvalue weighted by Crippen LogP contribution is -2.11. The number of carbonyl (C=O) groups is 2. The highest BCUT2D eigenvalue weighted by molar-refractivity contribution is 6.02. The number of benzene rings is 1. The van der Waals surface area contributed by atoms with Crippen LogP contribution < -0.4 is 10.6 Å². The van der Waals surface area contributed by atoms with Gasteiger partial charge in [-0.3, -0.25) is 9.59 Å². The number of furan rings is 1. The van der Waals surface area contributed by atoms with Gasteiger partial charge in [0.05, 0.1) is 6.26 Å². The first-order chi connectivity index (χ1) is 9.19. The molecule has 0 bridgehead atoms. The van der Waals surface area contributed by atoms with E-state index in [-0.39, 0.29) is 17.6 Å². The Kier molecular flexibility index (Phi) is 3.78. The molecule has 2 aromatic rings. The van der Waals surface area contributed by atoms with Crippen LogP contribution >= 0.6 is 0 Å². The molecule has 0 spiro atoms. The average Bonchev–Trinajstić information content (AvgIpc) is 2.95. The van der Waals surface area contributed by atoms with Gasteiger partial charge >= 0.3 is 0 Å². The van der Waals surface area contributed by atoms with Crippen LogP contribution in [0.2, 0.25) is 0 Å². The largest absolute Gasteiger partial charge is 0.459 e. The van der Waals surface area contributed by atoms with Crippen LogP contribution in [0.1, 0.15) is 10.6 Å². The first-order valence-corrected chi connectivity index (χ1v) is 5.57. The molecule has 2 rings (SSSR count). The molecule has 0 aliphatic carbocycles. The quantitative estimate of drug-likeness (QED) is 0.826. The molecule has 5 heteroatoms. The second kappa shape index (κ2) is 5.68. The molecular formula is C14H12N2O3. The summed E-state index contributed by atoms with van der Waals surface area (Å²) in [5.74, 6) is -0.371. The van der Waals surface area contributed by atoms with Crippen molar-refractivity contribution in [1.29, 1.82) is 0 Å². The molecule has 0 radical (unpaired) electrons. The van der Waals surface area contributed by atoms with Gasteiger partial charge in [0.25, 0.3) is 5.91 Å². The van der Waals surface area contributed by atoms with Crippen molar-refractivity contribution in [3.05, 3.63) is 61.1 Å². The van der Waals surface area contributed by atoms with Crippen molar-refractivity contribution in [3.8, 4) is 0 Å². The Morgan fingerprint density at radius 1 is 1.05 bits per heavy atom. The maximum atomic E-state index is 11.7. The summed E-state index contributed by atoms with van der Waals surface area (Å²) in [6.45, 7) is 3.36. The fraction of sp³-hybridized carbons (Fsp3) is 0. The van der Waals surface area contributed by atoms with Crippen LogP contribution in [0, 0.1) is 0 Å². The second-order valence-corrected chi connectivity index (χ2v) is 3.70. The van der Waals surface area contributed by atoms with E-state index in [1.54, 1.807) is 36.4 Å². The number of amides is 2. The second-order valence-electron chi connectivity index (χ2n) is 3.70. The minimum atomic E-state index is -0.326. The Labute approximate surface area is 109 Å². The van der Waals surface area contributed by atoms with E-state index in [0.29, 0.717) is 11.4 Å². The van der Waals surface area contributed by atoms with Crippen LogP contribution in [-0.4, -0.2) is 11.8 Å². The number of rotatable bonds is 4. The molecule has 96 valence electrons. The van der Waals surface area contributed by atoms with Crippen LogP contribution in [-0.2, 0) is 4.79 Å². The van der Waals surface area contributed by atoms with Crippen LogP contribution in [0.4, 0.5) is 11.4 Å². The number of nitrogens with one attached hydrogen (secondary N) is 2. The Morgan fingerprint density at radius 3 is 2.21 bits per heavy atom. The number of carbonyl (C=O) groups excluding carboxylic acids is 2. The lowest BCUT2D eigenvalue weighted by molar-refractivity contribution is -0.111. The maximum absolute atomic E-state index is 11.7. The van der Waals surface area contributed by atoms with Crippen molar-refractivity contribution >= 4 is 23.2 Å². The molecule has 0 aliphatic heterocycles. The van der Waals surface area contributed by atoms with E-state index < -0.39 is 0 Å². The molecule has 2 N–H and O–H groups in total. The summed E-state index contributed by atoms with van der Waals surface area (Å²) in [7, 11) is 0. The Hall–Kier alpha value is -2.82. The van der Waals surface area contributed by atoms with Gasteiger partial charge in [-0.1, -0.05) is 6.58 Å². The highest BCUT2D eigenvalue weighted by Crippen LogP contribution is 2.14. The van der Waals surface area contributed by atoms with Gasteiger partial charge < -0.3 is 15.1 Å². The SMILES string of the molecule is C=CC(=O)Nc1ccc(NC(=O)c2ccco2)cc1. The summed E-state index contributed by atoms with van der Waals surface area (Å²) >= 11 is 0. The monoisotopic (exact) mass is 256 g/mol. The maximum Gasteiger partial charge on any atom is 0.291 e. The zero-order valence-corrected chi connectivity index (χ0v) is 10.1. The molecule has 5 nitrogen and oxygen atoms in total. The Morgan fingerprint density at radius 2 is 1.68 bits per heavy atom. The highest BCUT2D eigenvalue weighted by atomic mass is 16.3. The van der Waals surface area contributed by atoms with Crippen molar-refractivity contribution in [1.82, 2.24) is 0 Å². The number of hydrogen-bond donors (Lipinski definition) is 2. The zero-order valence-electron chi connectivity index (χ0n) is 10.1. The van der Waals surface area contributed by atoms with Crippen molar-refractivity contribution in [2.24, 2.45) is 0 Å². The van der Waals surface area contributed by atoms with Crippen molar-refractivity contribution in [2.45, 2.75) is 0 Å². The molecule has 0 saturated heterocycles. The van der Waals surface area contributed by atoms with E-state index in [2.05, 4.69) is 17.2 Å². The van der Waals surface area contributed by atoms with Crippen molar-refractivity contribution in [3.63, 3.8) is 0 Å². The summed E-state index contributed by atoms with van der Waals surface area (Å²) in [6, 6.07) is 9.94. The molecule has 0 aliphatic rings. The summed E-state index contributed by atoms with van der Waals surface area (Å²) in [6.07, 6.45) is 2.62. The fourth-order valence-electron chi connectivity index (χ4n) is 1.43. The van der Waals surface area contributed by atoms with Gasteiger partial charge in [-0.25, -0.2) is 0 Å². The predicted octanol–water partition coefficient (Wildman–Crippen LogP) is 2.66. The predicted molar refractivity (Wildman–Crippen MR) is 71.9 cm³/mol. The Balaban J connectivity index is 2.01. The summed E-state index contributed by atoms with van der Waals surface area (Å²) < 4.78 is 4.98. The molecule has 1 aromatic heterocycles. The molecule has 2 amide bonds. The minimum Gasteiger partial charge on any atom is -0.459 e. The van der Waals surface area contributed by atoms with E-state index in [0.717, 1.165) is 0 Å². The van der Waals surface area contributed by atoms with Gasteiger partial charge in [0, 0.05) is 11.4 Å². The lowest BCUT2D eigenvalue weighted by Gasteiger charge is -2.05. The van der Waals surface area contributed by atoms with E-state index in [1.165, 1.54) is 12.3 Å². The average molecular weight is 256 g/mol. The molecule has 0 fully saturated rings. The van der Waals surface area contributed by atoms with E-state index in [1.807, 2.05) is 0 Å². The highest BCUT2D eigenvalue weighted by Gasteiger charge is 2.08. The van der Waals surface area contributed by atoms with Gasteiger partial charge in [-0.05, 0) is 42.5 Å². The molecule has 19 heavy (non-hydrogen) atoms. The minimum absolute atomic E-state index is 0.240. The summed E-state index contributed by atoms with van der Waals surface area (Å²) in [4.78, 5) is 22.8. The summed E-state index contributed by atoms with van der Waals surface area (Å²) in [5, 5.41) is 5.28.